The van der Waals surface area contributed by atoms with E-state index in [4.69, 9.17) is 17.3 Å². The van der Waals surface area contributed by atoms with E-state index in [0.717, 1.165) is 31.4 Å². The molecule has 0 unspecified atom stereocenters. The summed E-state index contributed by atoms with van der Waals surface area (Å²) in [6.45, 7) is 0. The smallest absolute Gasteiger partial charge is 0.275 e. The molecule has 0 radical (unpaired) electrons. The van der Waals surface area contributed by atoms with Crippen LogP contribution in [-0.4, -0.2) is 27.3 Å². The summed E-state index contributed by atoms with van der Waals surface area (Å²) in [5, 5.41) is 4.05. The van der Waals surface area contributed by atoms with Gasteiger partial charge in [0.05, 0.1) is 5.75 Å². The Morgan fingerprint density at radius 3 is 2.65 bits per heavy atom. The first kappa shape index (κ1) is 18.8. The molecule has 3 N–H and O–H groups in total. The summed E-state index contributed by atoms with van der Waals surface area (Å²) in [6, 6.07) is 8.57. The maximum absolute atomic E-state index is 12.3. The predicted molar refractivity (Wildman–Crippen MR) is 105 cm³/mol. The number of nitrogen functional groups attached to an aromatic ring is 1. The summed E-state index contributed by atoms with van der Waals surface area (Å²) in [5.74, 6) is 0.392. The number of anilines is 1. The molecule has 3 rings (SSSR count). The quantitative estimate of drug-likeness (QED) is 0.603. The minimum Gasteiger partial charge on any atom is -0.385 e. The lowest BCUT2D eigenvalue weighted by Crippen LogP contribution is -2.37. The molecule has 0 bridgehead atoms. The lowest BCUT2D eigenvalue weighted by Gasteiger charge is -2.22. The summed E-state index contributed by atoms with van der Waals surface area (Å²) in [6.07, 6.45) is 5.61. The highest BCUT2D eigenvalue weighted by Gasteiger charge is 2.17. The second-order valence-electron chi connectivity index (χ2n) is 6.30. The first-order chi connectivity index (χ1) is 12.5. The number of thioether (sulfide) groups is 1. The van der Waals surface area contributed by atoms with E-state index in [1.54, 1.807) is 28.8 Å². The van der Waals surface area contributed by atoms with Crippen molar-refractivity contribution in [3.63, 3.8) is 0 Å². The number of nitrogens with one attached hydrogen (secondary N) is 1. The topological polar surface area (TPSA) is 90.0 Å². The zero-order valence-corrected chi connectivity index (χ0v) is 15.9. The molecule has 0 spiro atoms. The summed E-state index contributed by atoms with van der Waals surface area (Å²) < 4.78 is 1.65. The van der Waals surface area contributed by atoms with Crippen LogP contribution >= 0.6 is 23.4 Å². The first-order valence-electron chi connectivity index (χ1n) is 8.60. The molecule has 1 aromatic carbocycles. The minimum absolute atomic E-state index is 0.0544. The van der Waals surface area contributed by atoms with E-state index < -0.39 is 5.56 Å². The van der Waals surface area contributed by atoms with Crippen LogP contribution < -0.4 is 16.6 Å². The molecule has 0 saturated heterocycles. The third kappa shape index (κ3) is 4.80. The maximum atomic E-state index is 12.3. The molecule has 1 fully saturated rings. The molecule has 138 valence electrons. The van der Waals surface area contributed by atoms with Crippen LogP contribution in [0.4, 0.5) is 5.82 Å². The van der Waals surface area contributed by atoms with Gasteiger partial charge in [-0.3, -0.25) is 14.2 Å². The maximum Gasteiger partial charge on any atom is 0.275 e. The second kappa shape index (κ2) is 8.60. The van der Waals surface area contributed by atoms with Gasteiger partial charge in [0.15, 0.2) is 5.16 Å². The predicted octanol–water partition coefficient (Wildman–Crippen LogP) is 3.01. The van der Waals surface area contributed by atoms with Crippen LogP contribution in [0.3, 0.4) is 0 Å². The van der Waals surface area contributed by atoms with Crippen molar-refractivity contribution in [2.24, 2.45) is 0 Å². The Labute approximate surface area is 161 Å². The number of benzene rings is 1. The van der Waals surface area contributed by atoms with Crippen LogP contribution in [-0.2, 0) is 4.79 Å². The van der Waals surface area contributed by atoms with Gasteiger partial charge in [0.1, 0.15) is 5.82 Å². The minimum atomic E-state index is -0.428. The van der Waals surface area contributed by atoms with Gasteiger partial charge in [-0.15, -0.1) is 0 Å². The van der Waals surface area contributed by atoms with Gasteiger partial charge in [-0.2, -0.15) is 4.98 Å². The average Bonchev–Trinajstić information content (AvgIpc) is 2.61. The van der Waals surface area contributed by atoms with Crippen LogP contribution in [0.15, 0.2) is 40.3 Å². The van der Waals surface area contributed by atoms with Crippen molar-refractivity contribution in [1.82, 2.24) is 14.9 Å². The van der Waals surface area contributed by atoms with Crippen molar-refractivity contribution in [3.8, 4) is 5.69 Å². The van der Waals surface area contributed by atoms with Crippen LogP contribution in [0.5, 0.6) is 0 Å². The molecule has 0 atom stereocenters. The third-order valence-electron chi connectivity index (χ3n) is 4.31. The summed E-state index contributed by atoms with van der Waals surface area (Å²) in [5.41, 5.74) is 6.33. The second-order valence-corrected chi connectivity index (χ2v) is 7.68. The fourth-order valence-electron chi connectivity index (χ4n) is 3.07. The lowest BCUT2D eigenvalue weighted by atomic mass is 9.95. The average molecular weight is 393 g/mol. The normalized spacial score (nSPS) is 15.0. The van der Waals surface area contributed by atoms with E-state index in [0.29, 0.717) is 10.2 Å². The van der Waals surface area contributed by atoms with E-state index in [9.17, 15) is 9.59 Å². The van der Waals surface area contributed by atoms with Gasteiger partial charge in [0.2, 0.25) is 5.91 Å². The number of hydrogen-bond donors (Lipinski definition) is 2. The fourth-order valence-corrected chi connectivity index (χ4v) is 4.03. The van der Waals surface area contributed by atoms with Gasteiger partial charge >= 0.3 is 0 Å². The number of nitrogens with zero attached hydrogens (tertiary/aromatic N) is 2. The number of halogens is 1. The Balaban J connectivity index is 1.75. The zero-order valence-electron chi connectivity index (χ0n) is 14.3. The molecule has 26 heavy (non-hydrogen) atoms. The molecule has 1 aliphatic carbocycles. The molecule has 1 amide bonds. The SMILES string of the molecule is Nc1cc(=O)nc(SCC(=O)NC2CCCCC2)n1-c1ccc(Cl)cc1. The van der Waals surface area contributed by atoms with E-state index in [1.165, 1.54) is 24.2 Å². The largest absolute Gasteiger partial charge is 0.385 e. The molecule has 1 aliphatic rings. The third-order valence-corrected chi connectivity index (χ3v) is 5.50. The molecule has 1 heterocycles. The molecule has 1 aromatic heterocycles. The van der Waals surface area contributed by atoms with Crippen LogP contribution in [0.2, 0.25) is 5.02 Å². The number of nitrogens with two attached hydrogens (primary N) is 1. The molecular formula is C18H21ClN4O2S. The van der Waals surface area contributed by atoms with Crippen molar-refractivity contribution in [1.29, 1.82) is 0 Å². The Morgan fingerprint density at radius 1 is 1.27 bits per heavy atom. The van der Waals surface area contributed by atoms with Gasteiger partial charge in [0, 0.05) is 22.8 Å². The van der Waals surface area contributed by atoms with Crippen molar-refractivity contribution in [2.75, 3.05) is 11.5 Å². The van der Waals surface area contributed by atoms with Crippen molar-refractivity contribution >= 4 is 35.1 Å². The summed E-state index contributed by atoms with van der Waals surface area (Å²) in [4.78, 5) is 28.1. The standard InChI is InChI=1S/C18H21ClN4O2S/c19-12-6-8-14(9-7-12)23-15(20)10-16(24)22-18(23)26-11-17(25)21-13-4-2-1-3-5-13/h6-10,13H,1-5,11,20H2,(H,21,25). The zero-order chi connectivity index (χ0) is 18.5. The summed E-state index contributed by atoms with van der Waals surface area (Å²) in [7, 11) is 0. The van der Waals surface area contributed by atoms with Crippen LogP contribution in [0.25, 0.3) is 5.69 Å². The molecule has 6 nitrogen and oxygen atoms in total. The van der Waals surface area contributed by atoms with Gasteiger partial charge < -0.3 is 11.1 Å². The van der Waals surface area contributed by atoms with E-state index in [1.807, 2.05) is 0 Å². The van der Waals surface area contributed by atoms with E-state index in [-0.39, 0.29) is 23.5 Å². The number of aromatic nitrogens is 2. The van der Waals surface area contributed by atoms with Crippen molar-refractivity contribution in [3.05, 3.63) is 45.7 Å². The van der Waals surface area contributed by atoms with Crippen LogP contribution in [0, 0.1) is 0 Å². The van der Waals surface area contributed by atoms with Gasteiger partial charge in [-0.05, 0) is 37.1 Å². The van der Waals surface area contributed by atoms with Crippen molar-refractivity contribution in [2.45, 2.75) is 43.3 Å². The molecule has 8 heteroatoms. The molecule has 1 saturated carbocycles. The molecular weight excluding hydrogens is 372 g/mol. The Bertz CT molecular complexity index is 832. The van der Waals surface area contributed by atoms with Gasteiger partial charge in [-0.1, -0.05) is 42.6 Å². The first-order valence-corrected chi connectivity index (χ1v) is 9.97. The highest BCUT2D eigenvalue weighted by Crippen LogP contribution is 2.24. The number of amides is 1. The monoisotopic (exact) mass is 392 g/mol. The fraction of sp³-hybridized carbons (Fsp3) is 0.389. The van der Waals surface area contributed by atoms with E-state index in [2.05, 4.69) is 10.3 Å². The lowest BCUT2D eigenvalue weighted by molar-refractivity contribution is -0.119. The summed E-state index contributed by atoms with van der Waals surface area (Å²) >= 11 is 7.13. The molecule has 2 aromatic rings. The number of hydrogen-bond acceptors (Lipinski definition) is 5. The van der Waals surface area contributed by atoms with Gasteiger partial charge in [-0.25, -0.2) is 0 Å². The number of carbonyl (C=O) groups is 1. The Kier molecular flexibility index (Phi) is 6.21. The Morgan fingerprint density at radius 2 is 1.96 bits per heavy atom. The highest BCUT2D eigenvalue weighted by atomic mass is 35.5. The number of carbonyl (C=O) groups excluding carboxylic acids is 1. The van der Waals surface area contributed by atoms with E-state index >= 15 is 0 Å². The van der Waals surface area contributed by atoms with Gasteiger partial charge in [0.25, 0.3) is 5.56 Å². The Hall–Kier alpha value is -1.99. The molecule has 0 aliphatic heterocycles. The van der Waals surface area contributed by atoms with Crippen molar-refractivity contribution < 1.29 is 4.79 Å². The number of rotatable bonds is 5. The van der Waals surface area contributed by atoms with Crippen LogP contribution in [0.1, 0.15) is 32.1 Å². The highest BCUT2D eigenvalue weighted by molar-refractivity contribution is 7.99.